The second-order valence-electron chi connectivity index (χ2n) is 5.91. The maximum Gasteiger partial charge on any atom is 0.518 e. The number of sulfonamides is 1. The lowest BCUT2D eigenvalue weighted by Crippen LogP contribution is -2.45. The van der Waals surface area contributed by atoms with Crippen molar-refractivity contribution in [3.05, 3.63) is 0 Å². The van der Waals surface area contributed by atoms with Gasteiger partial charge in [-0.15, -0.1) is 0 Å². The number of hydrogen-bond acceptors (Lipinski definition) is 4. The summed E-state index contributed by atoms with van der Waals surface area (Å²) in [4.78, 5) is 0. The molecule has 0 aliphatic carbocycles. The van der Waals surface area contributed by atoms with Crippen molar-refractivity contribution in [2.24, 2.45) is 4.40 Å². The van der Waals surface area contributed by atoms with E-state index in [-0.39, 0.29) is 0 Å². The van der Waals surface area contributed by atoms with Crippen LogP contribution in [0.2, 0.25) is 0 Å². The zero-order valence-corrected chi connectivity index (χ0v) is 17.1. The minimum Gasteiger partial charge on any atom is -0.326 e. The summed E-state index contributed by atoms with van der Waals surface area (Å²) in [5.41, 5.74) is -13.2. The van der Waals surface area contributed by atoms with Crippen LogP contribution in [0, 0.1) is 0 Å². The number of sulfone groups is 1. The Bertz CT molecular complexity index is 607. The van der Waals surface area contributed by atoms with Gasteiger partial charge >= 0.3 is 21.0 Å². The molecule has 0 radical (unpaired) electrons. The fourth-order valence-corrected chi connectivity index (χ4v) is 3.33. The largest absolute Gasteiger partial charge is 0.518 e. The summed E-state index contributed by atoms with van der Waals surface area (Å²) in [6.45, 7) is 10.9. The van der Waals surface area contributed by atoms with Gasteiger partial charge in [-0.1, -0.05) is 20.8 Å². The van der Waals surface area contributed by atoms with Crippen LogP contribution in [0.3, 0.4) is 0 Å². The van der Waals surface area contributed by atoms with Crippen LogP contribution >= 0.6 is 0 Å². The van der Waals surface area contributed by atoms with Crippen molar-refractivity contribution >= 4 is 25.4 Å². The second kappa shape index (κ2) is 10.6. The molecule has 0 saturated heterocycles. The summed E-state index contributed by atoms with van der Waals surface area (Å²) in [5.74, 6) is 0. The molecule has 0 amide bonds. The van der Waals surface area contributed by atoms with E-state index in [1.54, 1.807) is 0 Å². The van der Waals surface area contributed by atoms with Crippen LogP contribution in [0.1, 0.15) is 40.0 Å². The van der Waals surface area contributed by atoms with E-state index in [1.165, 1.54) is 47.8 Å². The highest BCUT2D eigenvalue weighted by Crippen LogP contribution is 2.26. The van der Waals surface area contributed by atoms with E-state index in [4.69, 9.17) is 0 Å². The van der Waals surface area contributed by atoms with Gasteiger partial charge in [0.1, 0.15) is 5.55 Å². The van der Waals surface area contributed by atoms with Crippen molar-refractivity contribution in [1.29, 1.82) is 0 Å². The highest BCUT2D eigenvalue weighted by Gasteiger charge is 2.48. The summed E-state index contributed by atoms with van der Waals surface area (Å²) in [7, 11) is -10.1. The average Bonchev–Trinajstić information content (AvgIpc) is 2.44. The first-order chi connectivity index (χ1) is 11.9. The number of nitrogens with zero attached hydrogens (tertiary/aromatic N) is 2. The molecule has 0 rings (SSSR count). The van der Waals surface area contributed by atoms with Gasteiger partial charge in [0.05, 0.1) is 26.7 Å². The fourth-order valence-electron chi connectivity index (χ4n) is 2.19. The van der Waals surface area contributed by atoms with Crippen molar-refractivity contribution in [3.63, 3.8) is 0 Å². The van der Waals surface area contributed by atoms with Crippen LogP contribution < -0.4 is 0 Å². The molecule has 0 aromatic carbocycles. The average molecular weight is 451 g/mol. The first-order valence-corrected chi connectivity index (χ1v) is 10.9. The lowest BCUT2D eigenvalue weighted by molar-refractivity contribution is -0.909. The smallest absolute Gasteiger partial charge is 0.326 e. The van der Waals surface area contributed by atoms with E-state index in [0.29, 0.717) is 0 Å². The minimum atomic E-state index is -6.30. The van der Waals surface area contributed by atoms with Crippen LogP contribution in [0.4, 0.5) is 26.3 Å². The van der Waals surface area contributed by atoms with E-state index >= 15 is 0 Å². The standard InChI is InChI=1S/C10H24N.C3HF6NO4S2/c1-5-8-11(4,9-6-2)10-7-3;4-2(5,6)15(11,12)1-10-16(13,14)3(7,8)9/h5-10H2,1-4H3;1H/q+1;/b;10-1+. The third-order valence-corrected chi connectivity index (χ3v) is 5.36. The number of rotatable bonds is 8. The molecule has 6 nitrogen and oxygen atoms in total. The third-order valence-electron chi connectivity index (χ3n) is 3.23. The van der Waals surface area contributed by atoms with Gasteiger partial charge in [-0.2, -0.15) is 39.2 Å². The SMILES string of the molecule is CCC[N+](C)(CCC)CCC.O=S(=O)(/C=N/S(=O)(=O)C(F)(F)F)C(F)(F)F. The van der Waals surface area contributed by atoms with E-state index in [1.807, 2.05) is 0 Å². The maximum atomic E-state index is 11.5. The van der Waals surface area contributed by atoms with Crippen molar-refractivity contribution in [2.45, 2.75) is 51.1 Å². The quantitative estimate of drug-likeness (QED) is 0.245. The molecular formula is C13H25F6N2O4S2+. The minimum absolute atomic E-state index is 1.28. The van der Waals surface area contributed by atoms with Gasteiger partial charge in [0.15, 0.2) is 0 Å². The molecule has 0 aromatic rings. The van der Waals surface area contributed by atoms with Gasteiger partial charge in [0.2, 0.25) is 0 Å². The monoisotopic (exact) mass is 451 g/mol. The van der Waals surface area contributed by atoms with Crippen LogP contribution in [0.15, 0.2) is 4.40 Å². The van der Waals surface area contributed by atoms with Crippen LogP contribution in [-0.4, -0.2) is 64.6 Å². The van der Waals surface area contributed by atoms with Crippen molar-refractivity contribution in [3.8, 4) is 0 Å². The molecule has 14 heteroatoms. The van der Waals surface area contributed by atoms with E-state index < -0.39 is 36.4 Å². The molecule has 0 bridgehead atoms. The topological polar surface area (TPSA) is 80.6 Å². The second-order valence-corrected chi connectivity index (χ2v) is 9.30. The van der Waals surface area contributed by atoms with E-state index in [2.05, 4.69) is 27.8 Å². The number of hydrogen-bond donors (Lipinski definition) is 0. The first-order valence-electron chi connectivity index (χ1n) is 7.90. The molecule has 0 aromatic heterocycles. The molecule has 0 aliphatic rings. The molecule has 0 aliphatic heterocycles. The molecule has 0 unspecified atom stereocenters. The van der Waals surface area contributed by atoms with Gasteiger partial charge in [-0.3, -0.25) is 0 Å². The maximum absolute atomic E-state index is 11.5. The Morgan fingerprint density at radius 2 is 1.11 bits per heavy atom. The lowest BCUT2D eigenvalue weighted by Gasteiger charge is -2.33. The van der Waals surface area contributed by atoms with Gasteiger partial charge in [0.25, 0.3) is 9.84 Å². The van der Waals surface area contributed by atoms with Gasteiger partial charge in [0, 0.05) is 0 Å². The molecule has 0 N–H and O–H groups in total. The van der Waals surface area contributed by atoms with Crippen molar-refractivity contribution < 1.29 is 47.7 Å². The van der Waals surface area contributed by atoms with E-state index in [0.717, 1.165) is 0 Å². The Morgan fingerprint density at radius 1 is 0.778 bits per heavy atom. The zero-order valence-electron chi connectivity index (χ0n) is 15.4. The Balaban J connectivity index is 0. The molecule has 164 valence electrons. The van der Waals surface area contributed by atoms with Gasteiger partial charge in [-0.05, 0) is 19.3 Å². The Hall–Kier alpha value is -0.890. The normalized spacial score (nSPS) is 14.1. The molecule has 0 atom stereocenters. The highest BCUT2D eigenvalue weighted by atomic mass is 32.2. The molecule has 0 saturated carbocycles. The summed E-state index contributed by atoms with van der Waals surface area (Å²) in [5, 5.41) is 0. The predicted molar refractivity (Wildman–Crippen MR) is 90.1 cm³/mol. The summed E-state index contributed by atoms with van der Waals surface area (Å²) < 4.78 is 112. The highest BCUT2D eigenvalue weighted by molar-refractivity contribution is 8.06. The van der Waals surface area contributed by atoms with Crippen molar-refractivity contribution in [2.75, 3.05) is 26.7 Å². The lowest BCUT2D eigenvalue weighted by atomic mass is 10.2. The van der Waals surface area contributed by atoms with E-state index in [9.17, 15) is 43.2 Å². The van der Waals surface area contributed by atoms with Crippen molar-refractivity contribution in [1.82, 2.24) is 0 Å². The Kier molecular flexibility index (Phi) is 11.1. The molecule has 0 spiro atoms. The Morgan fingerprint density at radius 3 is 1.33 bits per heavy atom. The fraction of sp³-hybridized carbons (Fsp3) is 0.923. The number of alkyl halides is 6. The van der Waals surface area contributed by atoms with Gasteiger partial charge < -0.3 is 4.48 Å². The summed E-state index contributed by atoms with van der Waals surface area (Å²) in [6, 6.07) is 0. The first kappa shape index (κ1) is 28.3. The van der Waals surface area contributed by atoms with Crippen LogP contribution in [0.5, 0.6) is 0 Å². The molecule has 0 fully saturated rings. The van der Waals surface area contributed by atoms with Crippen LogP contribution in [-0.2, 0) is 19.9 Å². The third kappa shape index (κ3) is 10.3. The Labute approximate surface area is 155 Å². The zero-order chi connectivity index (χ0) is 22.2. The summed E-state index contributed by atoms with van der Waals surface area (Å²) >= 11 is 0. The molecular weight excluding hydrogens is 426 g/mol. The molecule has 27 heavy (non-hydrogen) atoms. The van der Waals surface area contributed by atoms with Crippen LogP contribution in [0.25, 0.3) is 0 Å². The number of quaternary nitrogens is 1. The molecule has 0 heterocycles. The number of halogens is 6. The summed E-state index contributed by atoms with van der Waals surface area (Å²) in [6.07, 6.45) is 3.95. The predicted octanol–water partition coefficient (Wildman–Crippen LogP) is 3.46. The van der Waals surface area contributed by atoms with Gasteiger partial charge in [-0.25, -0.2) is 8.42 Å².